The third kappa shape index (κ3) is 3.04. The van der Waals surface area contributed by atoms with Gasteiger partial charge in [0.25, 0.3) is 0 Å². The van der Waals surface area contributed by atoms with Crippen LogP contribution >= 0.6 is 0 Å². The van der Waals surface area contributed by atoms with E-state index >= 15 is 0 Å². The third-order valence-corrected chi connectivity index (χ3v) is 3.67. The van der Waals surface area contributed by atoms with Crippen LogP contribution in [-0.2, 0) is 4.79 Å². The minimum absolute atomic E-state index is 0.0210. The lowest BCUT2D eigenvalue weighted by Gasteiger charge is -2.27. The normalized spacial score (nSPS) is 18.4. The molecule has 0 aliphatic heterocycles. The molecule has 17 heavy (non-hydrogen) atoms. The van der Waals surface area contributed by atoms with E-state index in [9.17, 15) is 4.79 Å². The molecule has 1 aliphatic carbocycles. The number of carbonyl (C=O) groups excluding carboxylic acids is 1. The molecule has 1 atom stereocenters. The van der Waals surface area contributed by atoms with Crippen LogP contribution in [0.15, 0.2) is 29.3 Å². The van der Waals surface area contributed by atoms with Crippen LogP contribution in [0.1, 0.15) is 49.3 Å². The Bertz CT molecular complexity index is 415. The van der Waals surface area contributed by atoms with Crippen molar-refractivity contribution in [3.05, 3.63) is 35.4 Å². The van der Waals surface area contributed by atoms with E-state index in [2.05, 4.69) is 30.1 Å². The number of nitrogens with zero attached hydrogens (tertiary/aromatic N) is 1. The van der Waals surface area contributed by atoms with Crippen molar-refractivity contribution >= 4 is 6.08 Å². The monoisotopic (exact) mass is 229 g/mol. The lowest BCUT2D eigenvalue weighted by Crippen LogP contribution is -2.15. The molecule has 1 aromatic rings. The van der Waals surface area contributed by atoms with Crippen molar-refractivity contribution in [3.8, 4) is 0 Å². The summed E-state index contributed by atoms with van der Waals surface area (Å²) in [6.07, 6.45) is 7.98. The fourth-order valence-electron chi connectivity index (χ4n) is 2.81. The summed E-state index contributed by atoms with van der Waals surface area (Å²) in [6, 6.07) is 8.35. The molecule has 1 fully saturated rings. The smallest absolute Gasteiger partial charge is 0.211 e. The Morgan fingerprint density at radius 1 is 1.29 bits per heavy atom. The van der Waals surface area contributed by atoms with E-state index in [1.807, 2.05) is 6.07 Å². The first-order valence-electron chi connectivity index (χ1n) is 6.45. The van der Waals surface area contributed by atoms with Crippen LogP contribution in [0, 0.1) is 12.8 Å². The van der Waals surface area contributed by atoms with Gasteiger partial charge in [0.05, 0.1) is 6.04 Å². The van der Waals surface area contributed by atoms with E-state index < -0.39 is 0 Å². The number of rotatable bonds is 3. The molecule has 0 bridgehead atoms. The molecule has 2 heteroatoms. The van der Waals surface area contributed by atoms with Gasteiger partial charge in [-0.2, -0.15) is 4.99 Å². The molecule has 0 saturated heterocycles. The molecule has 1 aromatic carbocycles. The van der Waals surface area contributed by atoms with Gasteiger partial charge < -0.3 is 0 Å². The summed E-state index contributed by atoms with van der Waals surface area (Å²) in [5.74, 6) is 0.520. The Kier molecular flexibility index (Phi) is 4.11. The van der Waals surface area contributed by atoms with E-state index in [-0.39, 0.29) is 6.04 Å². The van der Waals surface area contributed by atoms with Gasteiger partial charge in [0.15, 0.2) is 0 Å². The van der Waals surface area contributed by atoms with Gasteiger partial charge in [-0.15, -0.1) is 0 Å². The topological polar surface area (TPSA) is 29.4 Å². The zero-order valence-electron chi connectivity index (χ0n) is 10.4. The van der Waals surface area contributed by atoms with Crippen LogP contribution in [0.3, 0.4) is 0 Å². The van der Waals surface area contributed by atoms with Crippen molar-refractivity contribution in [1.82, 2.24) is 0 Å². The second-order valence-corrected chi connectivity index (χ2v) is 4.98. The van der Waals surface area contributed by atoms with Crippen LogP contribution in [-0.4, -0.2) is 6.08 Å². The van der Waals surface area contributed by atoms with E-state index in [1.54, 1.807) is 6.08 Å². The second-order valence-electron chi connectivity index (χ2n) is 4.98. The summed E-state index contributed by atoms with van der Waals surface area (Å²) in [5, 5.41) is 0. The summed E-state index contributed by atoms with van der Waals surface area (Å²) in [5.41, 5.74) is 2.39. The highest BCUT2D eigenvalue weighted by atomic mass is 16.1. The predicted octanol–water partition coefficient (Wildman–Crippen LogP) is 3.95. The fourth-order valence-corrected chi connectivity index (χ4v) is 2.81. The molecule has 2 nitrogen and oxygen atoms in total. The largest absolute Gasteiger partial charge is 0.235 e. The number of hydrogen-bond donors (Lipinski definition) is 0. The van der Waals surface area contributed by atoms with Crippen LogP contribution in [0.5, 0.6) is 0 Å². The first-order valence-corrected chi connectivity index (χ1v) is 6.45. The van der Waals surface area contributed by atoms with Gasteiger partial charge in [-0.1, -0.05) is 49.1 Å². The number of hydrogen-bond acceptors (Lipinski definition) is 2. The zero-order valence-corrected chi connectivity index (χ0v) is 10.4. The van der Waals surface area contributed by atoms with Crippen molar-refractivity contribution in [2.24, 2.45) is 10.9 Å². The second kappa shape index (κ2) is 5.79. The molecule has 0 heterocycles. The highest BCUT2D eigenvalue weighted by molar-refractivity contribution is 5.36. The van der Waals surface area contributed by atoms with Gasteiger partial charge in [0.2, 0.25) is 6.08 Å². The van der Waals surface area contributed by atoms with E-state index in [1.165, 1.54) is 43.2 Å². The number of aryl methyl sites for hydroxylation is 1. The number of isocyanates is 1. The Morgan fingerprint density at radius 3 is 2.71 bits per heavy atom. The van der Waals surface area contributed by atoms with E-state index in [4.69, 9.17) is 0 Å². The molecule has 90 valence electrons. The Hall–Kier alpha value is -1.40. The van der Waals surface area contributed by atoms with E-state index in [0.717, 1.165) is 0 Å². The lowest BCUT2D eigenvalue weighted by atomic mass is 9.81. The fraction of sp³-hybridized carbons (Fsp3) is 0.533. The minimum Gasteiger partial charge on any atom is -0.211 e. The van der Waals surface area contributed by atoms with Crippen molar-refractivity contribution < 1.29 is 4.79 Å². The van der Waals surface area contributed by atoms with Gasteiger partial charge in [-0.05, 0) is 31.2 Å². The van der Waals surface area contributed by atoms with Gasteiger partial charge in [-0.3, -0.25) is 0 Å². The molecule has 1 saturated carbocycles. The first kappa shape index (κ1) is 12.1. The van der Waals surface area contributed by atoms with Gasteiger partial charge in [0, 0.05) is 0 Å². The molecular weight excluding hydrogens is 210 g/mol. The molecule has 2 rings (SSSR count). The minimum atomic E-state index is 0.0210. The molecule has 0 radical (unpaired) electrons. The number of benzene rings is 1. The van der Waals surface area contributed by atoms with Gasteiger partial charge in [-0.25, -0.2) is 4.79 Å². The molecule has 1 unspecified atom stereocenters. The van der Waals surface area contributed by atoms with Gasteiger partial charge >= 0.3 is 0 Å². The number of aliphatic imine (C=N–C) groups is 1. The maximum absolute atomic E-state index is 10.6. The van der Waals surface area contributed by atoms with Crippen molar-refractivity contribution in [2.45, 2.75) is 45.1 Å². The van der Waals surface area contributed by atoms with Crippen LogP contribution in [0.2, 0.25) is 0 Å². The highest BCUT2D eigenvalue weighted by Gasteiger charge is 2.24. The maximum atomic E-state index is 10.6. The first-order chi connectivity index (χ1) is 8.31. The predicted molar refractivity (Wildman–Crippen MR) is 68.6 cm³/mol. The Labute approximate surface area is 103 Å². The zero-order chi connectivity index (χ0) is 12.1. The quantitative estimate of drug-likeness (QED) is 0.570. The third-order valence-electron chi connectivity index (χ3n) is 3.67. The van der Waals surface area contributed by atoms with Crippen molar-refractivity contribution in [1.29, 1.82) is 0 Å². The molecule has 0 N–H and O–H groups in total. The summed E-state index contributed by atoms with van der Waals surface area (Å²) in [6.45, 7) is 2.08. The van der Waals surface area contributed by atoms with Gasteiger partial charge in [0.1, 0.15) is 0 Å². The van der Waals surface area contributed by atoms with Crippen LogP contribution < -0.4 is 0 Å². The molecule has 0 aromatic heterocycles. The molecular formula is C15H19NO. The summed E-state index contributed by atoms with van der Waals surface area (Å²) in [7, 11) is 0. The Balaban J connectivity index is 2.24. The summed E-state index contributed by atoms with van der Waals surface area (Å²) in [4.78, 5) is 14.7. The van der Waals surface area contributed by atoms with Crippen LogP contribution in [0.25, 0.3) is 0 Å². The summed E-state index contributed by atoms with van der Waals surface area (Å²) < 4.78 is 0. The highest BCUT2D eigenvalue weighted by Crippen LogP contribution is 2.36. The molecule has 1 aliphatic rings. The van der Waals surface area contributed by atoms with Crippen molar-refractivity contribution in [3.63, 3.8) is 0 Å². The lowest BCUT2D eigenvalue weighted by molar-refractivity contribution is 0.309. The average molecular weight is 229 g/mol. The SMILES string of the molecule is Cc1cccc(C(N=C=O)C2CCCCC2)c1. The van der Waals surface area contributed by atoms with Crippen LogP contribution in [0.4, 0.5) is 0 Å². The van der Waals surface area contributed by atoms with E-state index in [0.29, 0.717) is 5.92 Å². The summed E-state index contributed by atoms with van der Waals surface area (Å²) >= 11 is 0. The Morgan fingerprint density at radius 2 is 2.06 bits per heavy atom. The standard InChI is InChI=1S/C15H19NO/c1-12-6-5-9-14(10-12)15(16-11-17)13-7-3-2-4-8-13/h5-6,9-10,13,15H,2-4,7-8H2,1H3. The maximum Gasteiger partial charge on any atom is 0.235 e. The van der Waals surface area contributed by atoms with Crippen molar-refractivity contribution in [2.75, 3.05) is 0 Å². The average Bonchev–Trinajstić information content (AvgIpc) is 2.37. The molecule has 0 spiro atoms. The molecule has 0 amide bonds.